The molecule has 0 unspecified atom stereocenters. The van der Waals surface area contributed by atoms with E-state index in [9.17, 15) is 19.5 Å². The number of hydrogen-bond acceptors (Lipinski definition) is 6. The van der Waals surface area contributed by atoms with E-state index in [1.807, 2.05) is 47.8 Å². The zero-order valence-corrected chi connectivity index (χ0v) is 18.8. The van der Waals surface area contributed by atoms with Gasteiger partial charge in [0, 0.05) is 10.9 Å². The first-order chi connectivity index (χ1) is 16.0. The van der Waals surface area contributed by atoms with Crippen LogP contribution < -0.4 is 5.32 Å². The van der Waals surface area contributed by atoms with Gasteiger partial charge in [0.15, 0.2) is 0 Å². The number of amides is 1. The molecule has 1 aromatic heterocycles. The third-order valence-electron chi connectivity index (χ3n) is 6.45. The number of nitrogens with one attached hydrogen (secondary N) is 1. The van der Waals surface area contributed by atoms with Crippen molar-refractivity contribution in [2.24, 2.45) is 11.8 Å². The van der Waals surface area contributed by atoms with Crippen molar-refractivity contribution in [1.82, 2.24) is 0 Å². The van der Waals surface area contributed by atoms with Crippen molar-refractivity contribution >= 4 is 45.0 Å². The van der Waals surface area contributed by atoms with Crippen LogP contribution >= 0.6 is 11.3 Å². The van der Waals surface area contributed by atoms with Gasteiger partial charge in [-0.3, -0.25) is 9.59 Å². The number of anilines is 1. The Morgan fingerprint density at radius 1 is 1.06 bits per heavy atom. The van der Waals surface area contributed by atoms with Crippen molar-refractivity contribution in [2.75, 3.05) is 11.9 Å². The van der Waals surface area contributed by atoms with Gasteiger partial charge >= 0.3 is 11.9 Å². The molecule has 2 saturated heterocycles. The average molecular weight is 466 g/mol. The lowest BCUT2D eigenvalue weighted by Gasteiger charge is -2.23. The highest BCUT2D eigenvalue weighted by Crippen LogP contribution is 2.45. The third kappa shape index (κ3) is 3.69. The molecule has 0 spiro atoms. The van der Waals surface area contributed by atoms with Gasteiger partial charge < -0.3 is 19.9 Å². The molecule has 2 aliphatic rings. The van der Waals surface area contributed by atoms with Crippen LogP contribution in [0.1, 0.15) is 30.1 Å². The molecule has 4 atom stereocenters. The Balaban J connectivity index is 1.53. The second-order valence-corrected chi connectivity index (χ2v) is 9.15. The summed E-state index contributed by atoms with van der Waals surface area (Å²) in [6.45, 7) is 1.92. The van der Waals surface area contributed by atoms with Crippen LogP contribution in [0.3, 0.4) is 0 Å². The number of rotatable bonds is 6. The number of aliphatic carboxylic acids is 1. The van der Waals surface area contributed by atoms with E-state index in [1.165, 1.54) is 11.3 Å². The van der Waals surface area contributed by atoms with Crippen LogP contribution in [-0.4, -0.2) is 41.8 Å². The molecule has 5 rings (SSSR count). The summed E-state index contributed by atoms with van der Waals surface area (Å²) in [5, 5.41) is 16.7. The minimum absolute atomic E-state index is 0.193. The summed E-state index contributed by atoms with van der Waals surface area (Å²) >= 11 is 1.23. The number of benzene rings is 2. The summed E-state index contributed by atoms with van der Waals surface area (Å²) in [5.74, 6) is -3.68. The van der Waals surface area contributed by atoms with Crippen LogP contribution in [0, 0.1) is 11.8 Å². The van der Waals surface area contributed by atoms with Gasteiger partial charge in [-0.05, 0) is 36.1 Å². The smallest absolute Gasteiger partial charge is 0.341 e. The molecule has 33 heavy (non-hydrogen) atoms. The van der Waals surface area contributed by atoms with E-state index >= 15 is 0 Å². The molecule has 2 fully saturated rings. The Kier molecular flexibility index (Phi) is 5.64. The molecule has 1 amide bonds. The van der Waals surface area contributed by atoms with E-state index in [0.717, 1.165) is 16.3 Å². The summed E-state index contributed by atoms with van der Waals surface area (Å²) in [4.78, 5) is 38.0. The molecule has 170 valence electrons. The Morgan fingerprint density at radius 2 is 1.79 bits per heavy atom. The molecule has 2 aromatic carbocycles. The van der Waals surface area contributed by atoms with Crippen LogP contribution in [0.5, 0.6) is 0 Å². The van der Waals surface area contributed by atoms with Crippen molar-refractivity contribution in [2.45, 2.75) is 32.0 Å². The largest absolute Gasteiger partial charge is 0.481 e. The van der Waals surface area contributed by atoms with Crippen molar-refractivity contribution in [3.05, 3.63) is 53.4 Å². The van der Waals surface area contributed by atoms with Crippen molar-refractivity contribution < 1.29 is 29.0 Å². The van der Waals surface area contributed by atoms with Crippen LogP contribution in [0.4, 0.5) is 5.00 Å². The lowest BCUT2D eigenvalue weighted by molar-refractivity contribution is -0.147. The van der Waals surface area contributed by atoms with Gasteiger partial charge in [0.1, 0.15) is 10.6 Å². The molecule has 0 radical (unpaired) electrons. The predicted molar refractivity (Wildman–Crippen MR) is 124 cm³/mol. The van der Waals surface area contributed by atoms with Gasteiger partial charge in [-0.25, -0.2) is 4.79 Å². The number of ether oxygens (including phenoxy) is 2. The maximum Gasteiger partial charge on any atom is 0.341 e. The first-order valence-electron chi connectivity index (χ1n) is 11.0. The predicted octanol–water partition coefficient (Wildman–Crippen LogP) is 4.56. The van der Waals surface area contributed by atoms with Gasteiger partial charge in [-0.1, -0.05) is 42.5 Å². The maximum atomic E-state index is 13.2. The number of carboxylic acids is 1. The summed E-state index contributed by atoms with van der Waals surface area (Å²) in [5.41, 5.74) is 1.81. The molecule has 0 aliphatic carbocycles. The molecule has 0 saturated carbocycles. The monoisotopic (exact) mass is 465 g/mol. The first-order valence-corrected chi connectivity index (χ1v) is 11.8. The molecule has 2 aliphatic heterocycles. The number of carbonyl (C=O) groups is 3. The summed E-state index contributed by atoms with van der Waals surface area (Å²) in [6.07, 6.45) is 0.439. The molecule has 3 aromatic rings. The molecule has 3 heterocycles. The second-order valence-electron chi connectivity index (χ2n) is 8.27. The van der Waals surface area contributed by atoms with E-state index < -0.39 is 41.9 Å². The Labute approximate surface area is 194 Å². The standard InChI is InChI=1S/C25H23NO6S/c1-2-31-25(30)19-16(15-9-5-7-13-6-3-4-8-14(13)15)12-33-23(19)26-22(27)20-17-10-11-18(32-17)21(20)24(28)29/h3-9,12,17-18,20-21H,2,10-11H2,1H3,(H,26,27)(H,28,29)/t17-,18-,20+,21-/m1/s1. The minimum Gasteiger partial charge on any atom is -0.481 e. The van der Waals surface area contributed by atoms with E-state index in [4.69, 9.17) is 9.47 Å². The van der Waals surface area contributed by atoms with Crippen LogP contribution in [0.25, 0.3) is 21.9 Å². The number of fused-ring (bicyclic) bond motifs is 3. The quantitative estimate of drug-likeness (QED) is 0.518. The van der Waals surface area contributed by atoms with Gasteiger partial charge in [-0.2, -0.15) is 0 Å². The summed E-state index contributed by atoms with van der Waals surface area (Å²) in [6, 6.07) is 13.7. The number of hydrogen-bond donors (Lipinski definition) is 2. The zero-order valence-electron chi connectivity index (χ0n) is 17.9. The Morgan fingerprint density at radius 3 is 2.55 bits per heavy atom. The normalized spacial score (nSPS) is 23.5. The van der Waals surface area contributed by atoms with Gasteiger partial charge in [0.05, 0.1) is 30.7 Å². The molecule has 8 heteroatoms. The number of thiophene rings is 1. The van der Waals surface area contributed by atoms with Crippen LogP contribution in [0.2, 0.25) is 0 Å². The first kappa shape index (κ1) is 21.6. The highest BCUT2D eigenvalue weighted by atomic mass is 32.1. The maximum absolute atomic E-state index is 13.2. The van der Waals surface area contributed by atoms with Gasteiger partial charge in [-0.15, -0.1) is 11.3 Å². The Hall–Kier alpha value is -3.23. The van der Waals surface area contributed by atoms with Gasteiger partial charge in [0.25, 0.3) is 0 Å². The topological polar surface area (TPSA) is 102 Å². The van der Waals surface area contributed by atoms with E-state index in [0.29, 0.717) is 23.4 Å². The number of carboxylic acid groups (broad SMARTS) is 1. The number of esters is 1. The lowest BCUT2D eigenvalue weighted by atomic mass is 9.78. The Bertz CT molecular complexity index is 1250. The fourth-order valence-electron chi connectivity index (χ4n) is 5.03. The zero-order chi connectivity index (χ0) is 23.1. The molecule has 2 bridgehead atoms. The molecular formula is C25H23NO6S. The molecule has 7 nitrogen and oxygen atoms in total. The van der Waals surface area contributed by atoms with Crippen molar-refractivity contribution in [3.63, 3.8) is 0 Å². The van der Waals surface area contributed by atoms with E-state index in [2.05, 4.69) is 5.32 Å². The highest BCUT2D eigenvalue weighted by molar-refractivity contribution is 7.15. The van der Waals surface area contributed by atoms with Crippen molar-refractivity contribution in [1.29, 1.82) is 0 Å². The van der Waals surface area contributed by atoms with Gasteiger partial charge in [0.2, 0.25) is 5.91 Å². The van der Waals surface area contributed by atoms with E-state index in [1.54, 1.807) is 6.92 Å². The molecular weight excluding hydrogens is 442 g/mol. The van der Waals surface area contributed by atoms with Crippen molar-refractivity contribution in [3.8, 4) is 11.1 Å². The van der Waals surface area contributed by atoms with Crippen LogP contribution in [-0.2, 0) is 19.1 Å². The van der Waals surface area contributed by atoms with Crippen LogP contribution in [0.15, 0.2) is 47.8 Å². The highest BCUT2D eigenvalue weighted by Gasteiger charge is 2.55. The fourth-order valence-corrected chi connectivity index (χ4v) is 5.99. The van der Waals surface area contributed by atoms with E-state index in [-0.39, 0.29) is 12.2 Å². The number of carbonyl (C=O) groups excluding carboxylic acids is 2. The lowest BCUT2D eigenvalue weighted by Crippen LogP contribution is -2.41. The summed E-state index contributed by atoms with van der Waals surface area (Å²) in [7, 11) is 0. The minimum atomic E-state index is -1.03. The second kappa shape index (κ2) is 8.61. The summed E-state index contributed by atoms with van der Waals surface area (Å²) < 4.78 is 11.0. The SMILES string of the molecule is CCOC(=O)c1c(-c2cccc3ccccc23)csc1NC(=O)[C@@H]1[C@H](C(=O)O)[C@H]2CC[C@H]1O2. The molecule has 2 N–H and O–H groups in total. The third-order valence-corrected chi connectivity index (χ3v) is 7.34. The fraction of sp³-hybridized carbons (Fsp3) is 0.320. The average Bonchev–Trinajstić information content (AvgIpc) is 3.53.